The molecule has 25 heavy (non-hydrogen) atoms. The van der Waals surface area contributed by atoms with E-state index in [-0.39, 0.29) is 17.5 Å². The first-order valence-corrected chi connectivity index (χ1v) is 9.31. The number of benzene rings is 1. The lowest BCUT2D eigenvalue weighted by Gasteiger charge is -2.22. The molecule has 1 aromatic rings. The Morgan fingerprint density at radius 3 is 2.68 bits per heavy atom. The number of amides is 1. The number of halogens is 1. The fourth-order valence-electron chi connectivity index (χ4n) is 2.90. The highest BCUT2D eigenvalue weighted by Crippen LogP contribution is 2.34. The third-order valence-electron chi connectivity index (χ3n) is 4.19. The van der Waals surface area contributed by atoms with Gasteiger partial charge in [0.25, 0.3) is 5.91 Å². The van der Waals surface area contributed by atoms with Gasteiger partial charge < -0.3 is 14.8 Å². The molecule has 1 saturated carbocycles. The van der Waals surface area contributed by atoms with Crippen molar-refractivity contribution < 1.29 is 14.3 Å². The van der Waals surface area contributed by atoms with E-state index >= 15 is 0 Å². The summed E-state index contributed by atoms with van der Waals surface area (Å²) < 4.78 is 11.6. The van der Waals surface area contributed by atoms with Crippen LogP contribution in [0.15, 0.2) is 22.2 Å². The van der Waals surface area contributed by atoms with E-state index in [4.69, 9.17) is 9.47 Å². The summed E-state index contributed by atoms with van der Waals surface area (Å²) in [6.45, 7) is 2.38. The fourth-order valence-corrected chi connectivity index (χ4v) is 3.34. The number of nitrogens with one attached hydrogen (secondary N) is 1. The monoisotopic (exact) mass is 406 g/mol. The summed E-state index contributed by atoms with van der Waals surface area (Å²) in [6, 6.07) is 5.70. The van der Waals surface area contributed by atoms with Crippen molar-refractivity contribution in [3.8, 4) is 17.6 Å². The molecule has 0 unspecified atom stereocenters. The molecule has 6 heteroatoms. The molecule has 134 valence electrons. The number of hydrogen-bond donors (Lipinski definition) is 1. The number of rotatable bonds is 6. The molecule has 0 heterocycles. The summed E-state index contributed by atoms with van der Waals surface area (Å²) in [5.74, 6) is 0.843. The van der Waals surface area contributed by atoms with E-state index in [1.807, 2.05) is 13.0 Å². The summed E-state index contributed by atoms with van der Waals surface area (Å²) in [6.07, 6.45) is 6.99. The number of methoxy groups -OCH3 is 1. The first-order valence-electron chi connectivity index (χ1n) is 8.52. The maximum absolute atomic E-state index is 12.4. The van der Waals surface area contributed by atoms with E-state index in [1.165, 1.54) is 6.42 Å². The van der Waals surface area contributed by atoms with Crippen molar-refractivity contribution in [2.24, 2.45) is 0 Å². The van der Waals surface area contributed by atoms with Crippen LogP contribution in [0.3, 0.4) is 0 Å². The number of carbonyl (C=O) groups excluding carboxylic acids is 1. The second kappa shape index (κ2) is 9.47. The first kappa shape index (κ1) is 19.3. The maximum atomic E-state index is 12.4. The van der Waals surface area contributed by atoms with Gasteiger partial charge in [-0.3, -0.25) is 4.79 Å². The van der Waals surface area contributed by atoms with Gasteiger partial charge in [-0.2, -0.15) is 5.26 Å². The average Bonchev–Trinajstić information content (AvgIpc) is 2.62. The highest BCUT2D eigenvalue weighted by atomic mass is 79.9. The fraction of sp³-hybridized carbons (Fsp3) is 0.474. The average molecular weight is 407 g/mol. The minimum atomic E-state index is -0.324. The molecule has 0 bridgehead atoms. The molecule has 2 rings (SSSR count). The third-order valence-corrected chi connectivity index (χ3v) is 4.87. The maximum Gasteiger partial charge on any atom is 0.262 e. The first-order chi connectivity index (χ1) is 12.1. The van der Waals surface area contributed by atoms with Gasteiger partial charge in [0, 0.05) is 10.5 Å². The smallest absolute Gasteiger partial charge is 0.262 e. The van der Waals surface area contributed by atoms with Crippen LogP contribution in [0.5, 0.6) is 11.5 Å². The summed E-state index contributed by atoms with van der Waals surface area (Å²) in [5.41, 5.74) is 0.776. The molecule has 5 nitrogen and oxygen atoms in total. The zero-order chi connectivity index (χ0) is 18.2. The Hall–Kier alpha value is -2.00. The molecule has 0 atom stereocenters. The molecular formula is C19H23BrN2O3. The van der Waals surface area contributed by atoms with Crippen LogP contribution in [0, 0.1) is 11.3 Å². The second-order valence-electron chi connectivity index (χ2n) is 5.94. The summed E-state index contributed by atoms with van der Waals surface area (Å²) in [7, 11) is 1.57. The SMILES string of the molecule is CCOc1cc(/C=C(/C#N)C(=O)NC2CCCCC2)c(Br)cc1OC. The van der Waals surface area contributed by atoms with Gasteiger partial charge in [-0.15, -0.1) is 0 Å². The Morgan fingerprint density at radius 2 is 2.08 bits per heavy atom. The second-order valence-corrected chi connectivity index (χ2v) is 6.79. The predicted octanol–water partition coefficient (Wildman–Crippen LogP) is 4.21. The molecule has 1 aliphatic carbocycles. The standard InChI is InChI=1S/C19H23BrN2O3/c1-3-25-18-10-13(16(20)11-17(18)24-2)9-14(12-21)19(23)22-15-7-5-4-6-8-15/h9-11,15H,3-8H2,1-2H3,(H,22,23)/b14-9-. The molecular weight excluding hydrogens is 384 g/mol. The normalized spacial score (nSPS) is 15.4. The van der Waals surface area contributed by atoms with Crippen LogP contribution >= 0.6 is 15.9 Å². The number of hydrogen-bond acceptors (Lipinski definition) is 4. The van der Waals surface area contributed by atoms with E-state index < -0.39 is 0 Å². The predicted molar refractivity (Wildman–Crippen MR) is 100 cm³/mol. The van der Waals surface area contributed by atoms with Crippen LogP contribution < -0.4 is 14.8 Å². The van der Waals surface area contributed by atoms with E-state index in [1.54, 1.807) is 25.3 Å². The number of carbonyl (C=O) groups is 1. The lowest BCUT2D eigenvalue weighted by molar-refractivity contribution is -0.117. The minimum absolute atomic E-state index is 0.0823. The molecule has 1 fully saturated rings. The van der Waals surface area contributed by atoms with Crippen molar-refractivity contribution >= 4 is 27.9 Å². The lowest BCUT2D eigenvalue weighted by Crippen LogP contribution is -2.36. The number of nitriles is 1. The van der Waals surface area contributed by atoms with E-state index in [9.17, 15) is 10.1 Å². The van der Waals surface area contributed by atoms with Gasteiger partial charge >= 0.3 is 0 Å². The van der Waals surface area contributed by atoms with Crippen molar-refractivity contribution in [2.75, 3.05) is 13.7 Å². The molecule has 0 saturated heterocycles. The van der Waals surface area contributed by atoms with Gasteiger partial charge in [-0.1, -0.05) is 35.2 Å². The van der Waals surface area contributed by atoms with Crippen LogP contribution in [0.1, 0.15) is 44.6 Å². The topological polar surface area (TPSA) is 71.3 Å². The molecule has 1 N–H and O–H groups in total. The van der Waals surface area contributed by atoms with Crippen LogP contribution in [-0.2, 0) is 4.79 Å². The van der Waals surface area contributed by atoms with Gasteiger partial charge in [-0.25, -0.2) is 0 Å². The van der Waals surface area contributed by atoms with Gasteiger partial charge in [0.2, 0.25) is 0 Å². The van der Waals surface area contributed by atoms with Crippen molar-refractivity contribution in [1.82, 2.24) is 5.32 Å². The van der Waals surface area contributed by atoms with Crippen molar-refractivity contribution in [3.05, 3.63) is 27.7 Å². The molecule has 0 aliphatic heterocycles. The molecule has 0 spiro atoms. The Bertz CT molecular complexity index is 689. The van der Waals surface area contributed by atoms with Crippen LogP contribution in [0.4, 0.5) is 0 Å². The van der Waals surface area contributed by atoms with Crippen molar-refractivity contribution in [1.29, 1.82) is 5.26 Å². The van der Waals surface area contributed by atoms with E-state index in [0.717, 1.165) is 30.2 Å². The van der Waals surface area contributed by atoms with Crippen molar-refractivity contribution in [3.63, 3.8) is 0 Å². The molecule has 0 radical (unpaired) electrons. The van der Waals surface area contributed by atoms with Crippen LogP contribution in [-0.4, -0.2) is 25.7 Å². The largest absolute Gasteiger partial charge is 0.493 e. The number of ether oxygens (including phenoxy) is 2. The van der Waals surface area contributed by atoms with Gasteiger partial charge in [0.1, 0.15) is 11.6 Å². The van der Waals surface area contributed by atoms with Crippen molar-refractivity contribution in [2.45, 2.75) is 45.1 Å². The Morgan fingerprint density at radius 1 is 1.36 bits per heavy atom. The third kappa shape index (κ3) is 5.23. The Kier molecular flexibility index (Phi) is 7.32. The summed E-state index contributed by atoms with van der Waals surface area (Å²) in [5, 5.41) is 12.4. The number of nitrogens with zero attached hydrogens (tertiary/aromatic N) is 1. The highest BCUT2D eigenvalue weighted by Gasteiger charge is 2.19. The van der Waals surface area contributed by atoms with Crippen LogP contribution in [0.25, 0.3) is 6.08 Å². The summed E-state index contributed by atoms with van der Waals surface area (Å²) >= 11 is 3.46. The zero-order valence-corrected chi connectivity index (χ0v) is 16.2. The minimum Gasteiger partial charge on any atom is -0.493 e. The zero-order valence-electron chi connectivity index (χ0n) is 14.6. The van der Waals surface area contributed by atoms with Gasteiger partial charge in [0.15, 0.2) is 11.5 Å². The summed E-state index contributed by atoms with van der Waals surface area (Å²) in [4.78, 5) is 12.4. The molecule has 1 amide bonds. The van der Waals surface area contributed by atoms with E-state index in [0.29, 0.717) is 23.7 Å². The lowest BCUT2D eigenvalue weighted by atomic mass is 9.95. The quantitative estimate of drug-likeness (QED) is 0.567. The Labute approximate surface area is 157 Å². The highest BCUT2D eigenvalue weighted by molar-refractivity contribution is 9.10. The molecule has 1 aromatic carbocycles. The Balaban J connectivity index is 2.24. The van der Waals surface area contributed by atoms with E-state index in [2.05, 4.69) is 21.2 Å². The van der Waals surface area contributed by atoms with Gasteiger partial charge in [0.05, 0.1) is 13.7 Å². The molecule has 1 aliphatic rings. The molecule has 0 aromatic heterocycles. The van der Waals surface area contributed by atoms with Crippen LogP contribution in [0.2, 0.25) is 0 Å². The van der Waals surface area contributed by atoms with Gasteiger partial charge in [-0.05, 0) is 43.5 Å².